The van der Waals surface area contributed by atoms with Gasteiger partial charge in [0, 0.05) is 6.04 Å². The molecule has 1 N–H and O–H groups in total. The first kappa shape index (κ1) is 15.8. The first-order chi connectivity index (χ1) is 9.85. The highest BCUT2D eigenvalue weighted by Crippen LogP contribution is 2.16. The van der Waals surface area contributed by atoms with Crippen molar-refractivity contribution in [3.8, 4) is 5.75 Å². The number of rotatable bonds is 5. The number of benzene rings is 1. The van der Waals surface area contributed by atoms with Crippen molar-refractivity contribution in [2.45, 2.75) is 32.7 Å². The fraction of sp³-hybridized carbons (Fsp3) is 0.533. The number of amides is 1. The summed E-state index contributed by atoms with van der Waals surface area (Å²) in [5, 5.41) is 2.74. The number of ether oxygens (including phenoxy) is 1. The van der Waals surface area contributed by atoms with Crippen molar-refractivity contribution in [3.63, 3.8) is 0 Å². The summed E-state index contributed by atoms with van der Waals surface area (Å²) in [6.07, 6.45) is 0.732. The van der Waals surface area contributed by atoms with Gasteiger partial charge >= 0.3 is 0 Å². The van der Waals surface area contributed by atoms with Gasteiger partial charge < -0.3 is 10.1 Å². The van der Waals surface area contributed by atoms with Crippen molar-refractivity contribution < 1.29 is 17.9 Å². The zero-order valence-electron chi connectivity index (χ0n) is 12.4. The van der Waals surface area contributed by atoms with Gasteiger partial charge in [-0.15, -0.1) is 0 Å². The highest BCUT2D eigenvalue weighted by atomic mass is 32.2. The van der Waals surface area contributed by atoms with Crippen molar-refractivity contribution >= 4 is 15.7 Å². The Balaban J connectivity index is 1.73. The largest absolute Gasteiger partial charge is 0.493 e. The van der Waals surface area contributed by atoms with Crippen LogP contribution in [0.15, 0.2) is 18.2 Å². The lowest BCUT2D eigenvalue weighted by atomic mass is 10.1. The Kier molecular flexibility index (Phi) is 4.88. The lowest BCUT2D eigenvalue weighted by Crippen LogP contribution is -2.36. The lowest BCUT2D eigenvalue weighted by Gasteiger charge is -2.11. The zero-order chi connectivity index (χ0) is 15.5. The van der Waals surface area contributed by atoms with Crippen molar-refractivity contribution in [3.05, 3.63) is 29.3 Å². The molecule has 5 nitrogen and oxygen atoms in total. The van der Waals surface area contributed by atoms with Crippen LogP contribution in [0.3, 0.4) is 0 Å². The molecular weight excluding hydrogens is 290 g/mol. The second-order valence-electron chi connectivity index (χ2n) is 5.51. The van der Waals surface area contributed by atoms with Gasteiger partial charge in [-0.2, -0.15) is 0 Å². The van der Waals surface area contributed by atoms with E-state index < -0.39 is 9.84 Å². The topological polar surface area (TPSA) is 72.5 Å². The van der Waals surface area contributed by atoms with Gasteiger partial charge in [-0.1, -0.05) is 6.07 Å². The molecule has 0 aliphatic carbocycles. The summed E-state index contributed by atoms with van der Waals surface area (Å²) >= 11 is 0. The minimum Gasteiger partial charge on any atom is -0.493 e. The summed E-state index contributed by atoms with van der Waals surface area (Å²) in [7, 11) is -2.96. The molecule has 6 heteroatoms. The Bertz CT molecular complexity index is 625. The predicted molar refractivity (Wildman–Crippen MR) is 81.2 cm³/mol. The van der Waals surface area contributed by atoms with Gasteiger partial charge in [0.05, 0.1) is 24.5 Å². The van der Waals surface area contributed by atoms with E-state index in [2.05, 4.69) is 5.32 Å². The minimum absolute atomic E-state index is 0.0523. The summed E-state index contributed by atoms with van der Waals surface area (Å²) in [5.41, 5.74) is 2.34. The molecule has 1 saturated heterocycles. The van der Waals surface area contributed by atoms with E-state index in [4.69, 9.17) is 4.74 Å². The molecule has 0 radical (unpaired) electrons. The van der Waals surface area contributed by atoms with Gasteiger partial charge in [-0.05, 0) is 43.5 Å². The average Bonchev–Trinajstić information content (AvgIpc) is 2.73. The number of hydrogen-bond donors (Lipinski definition) is 1. The van der Waals surface area contributed by atoms with Crippen LogP contribution < -0.4 is 10.1 Å². The van der Waals surface area contributed by atoms with Crippen LogP contribution >= 0.6 is 0 Å². The van der Waals surface area contributed by atoms with Gasteiger partial charge in [0.1, 0.15) is 5.75 Å². The van der Waals surface area contributed by atoms with Crippen LogP contribution in [0.2, 0.25) is 0 Å². The SMILES string of the molecule is Cc1ccc(OCCC(=O)NC2CCS(=O)(=O)C2)cc1C. The molecule has 1 aliphatic heterocycles. The number of nitrogens with one attached hydrogen (secondary N) is 1. The van der Waals surface area contributed by atoms with Crippen LogP contribution in [0.4, 0.5) is 0 Å². The molecule has 0 aromatic heterocycles. The molecule has 1 atom stereocenters. The second-order valence-corrected chi connectivity index (χ2v) is 7.74. The second kappa shape index (κ2) is 6.47. The number of carbonyl (C=O) groups excluding carboxylic acids is 1. The highest BCUT2D eigenvalue weighted by molar-refractivity contribution is 7.91. The Hall–Kier alpha value is -1.56. The van der Waals surface area contributed by atoms with Crippen LogP contribution in [0, 0.1) is 13.8 Å². The van der Waals surface area contributed by atoms with Crippen molar-refractivity contribution in [2.75, 3.05) is 18.1 Å². The molecule has 2 rings (SSSR count). The van der Waals surface area contributed by atoms with Crippen LogP contribution in [-0.2, 0) is 14.6 Å². The van der Waals surface area contributed by atoms with Crippen molar-refractivity contribution in [2.24, 2.45) is 0 Å². The molecule has 1 aromatic rings. The normalized spacial score (nSPS) is 20.2. The predicted octanol–water partition coefficient (Wildman–Crippen LogP) is 1.38. The zero-order valence-corrected chi connectivity index (χ0v) is 13.2. The molecule has 0 saturated carbocycles. The highest BCUT2D eigenvalue weighted by Gasteiger charge is 2.28. The molecule has 1 fully saturated rings. The molecule has 21 heavy (non-hydrogen) atoms. The Morgan fingerprint density at radius 2 is 2.10 bits per heavy atom. The maximum atomic E-state index is 11.7. The van der Waals surface area contributed by atoms with Gasteiger partial charge in [-0.25, -0.2) is 8.42 Å². The number of sulfone groups is 1. The summed E-state index contributed by atoms with van der Waals surface area (Å²) in [4.78, 5) is 11.7. The standard InChI is InChI=1S/C15H21NO4S/c1-11-3-4-14(9-12(11)2)20-7-5-15(17)16-13-6-8-21(18,19)10-13/h3-4,9,13H,5-8,10H2,1-2H3,(H,16,17). The van der Waals surface area contributed by atoms with Gasteiger partial charge in [0.25, 0.3) is 0 Å². The number of aryl methyl sites for hydroxylation is 2. The Morgan fingerprint density at radius 3 is 2.71 bits per heavy atom. The van der Waals surface area contributed by atoms with E-state index in [1.807, 2.05) is 32.0 Å². The van der Waals surface area contributed by atoms with Crippen molar-refractivity contribution in [1.82, 2.24) is 5.32 Å². The monoisotopic (exact) mass is 311 g/mol. The minimum atomic E-state index is -2.96. The smallest absolute Gasteiger partial charge is 0.223 e. The van der Waals surface area contributed by atoms with E-state index in [0.717, 1.165) is 11.3 Å². The first-order valence-electron chi connectivity index (χ1n) is 7.05. The lowest BCUT2D eigenvalue weighted by molar-refractivity contribution is -0.122. The maximum Gasteiger partial charge on any atom is 0.223 e. The third-order valence-corrected chi connectivity index (χ3v) is 5.44. The maximum absolute atomic E-state index is 11.7. The number of carbonyl (C=O) groups is 1. The molecule has 116 valence electrons. The number of hydrogen-bond acceptors (Lipinski definition) is 4. The Morgan fingerprint density at radius 1 is 1.33 bits per heavy atom. The quantitative estimate of drug-likeness (QED) is 0.891. The summed E-state index contributed by atoms with van der Waals surface area (Å²) in [5.74, 6) is 0.795. The fourth-order valence-corrected chi connectivity index (χ4v) is 3.95. The van der Waals surface area contributed by atoms with E-state index in [0.29, 0.717) is 6.42 Å². The molecule has 0 spiro atoms. The molecule has 1 unspecified atom stereocenters. The van der Waals surface area contributed by atoms with Gasteiger partial charge in [0.15, 0.2) is 9.84 Å². The van der Waals surface area contributed by atoms with Gasteiger partial charge in [0.2, 0.25) is 5.91 Å². The summed E-state index contributed by atoms with van der Waals surface area (Å²) in [6, 6.07) is 5.55. The van der Waals surface area contributed by atoms with E-state index in [9.17, 15) is 13.2 Å². The molecular formula is C15H21NO4S. The first-order valence-corrected chi connectivity index (χ1v) is 8.88. The Labute approximate surface area is 125 Å². The third-order valence-electron chi connectivity index (χ3n) is 3.67. The van der Waals surface area contributed by atoms with E-state index >= 15 is 0 Å². The molecule has 1 amide bonds. The summed E-state index contributed by atoms with van der Waals surface area (Å²) < 4.78 is 28.1. The third kappa shape index (κ3) is 4.74. The average molecular weight is 311 g/mol. The van der Waals surface area contributed by atoms with Crippen molar-refractivity contribution in [1.29, 1.82) is 0 Å². The van der Waals surface area contributed by atoms with Crippen LogP contribution in [0.1, 0.15) is 24.0 Å². The van der Waals surface area contributed by atoms with Crippen LogP contribution in [0.5, 0.6) is 5.75 Å². The van der Waals surface area contributed by atoms with Gasteiger partial charge in [-0.3, -0.25) is 4.79 Å². The van der Waals surface area contributed by atoms with E-state index in [1.54, 1.807) is 0 Å². The summed E-state index contributed by atoms with van der Waals surface area (Å²) in [6.45, 7) is 4.32. The molecule has 1 aliphatic rings. The van der Waals surface area contributed by atoms with Crippen LogP contribution in [-0.4, -0.2) is 38.5 Å². The van der Waals surface area contributed by atoms with E-state index in [1.165, 1.54) is 5.56 Å². The molecule has 1 heterocycles. The molecule has 1 aromatic carbocycles. The molecule has 0 bridgehead atoms. The fourth-order valence-electron chi connectivity index (χ4n) is 2.27. The van der Waals surface area contributed by atoms with Crippen LogP contribution in [0.25, 0.3) is 0 Å². The van der Waals surface area contributed by atoms with E-state index in [-0.39, 0.29) is 36.5 Å².